The van der Waals surface area contributed by atoms with E-state index in [2.05, 4.69) is 22.9 Å². The minimum atomic E-state index is -0.255. The summed E-state index contributed by atoms with van der Waals surface area (Å²) in [5.41, 5.74) is 1.57. The van der Waals surface area contributed by atoms with Gasteiger partial charge >= 0.3 is 0 Å². The highest BCUT2D eigenvalue weighted by atomic mass is 32.1. The molecule has 0 spiro atoms. The number of hydrogen-bond donors (Lipinski definition) is 2. The molecule has 1 heterocycles. The zero-order chi connectivity index (χ0) is 10.6. The number of carbonyl (C=O) groups is 1. The predicted octanol–water partition coefficient (Wildman–Crippen LogP) is 2.04. The molecule has 1 N–H and O–H groups in total. The third kappa shape index (κ3) is 2.73. The zero-order valence-electron chi connectivity index (χ0n) is 8.32. The number of amides is 1. The van der Waals surface area contributed by atoms with Crippen molar-refractivity contribution in [2.75, 3.05) is 5.32 Å². The van der Waals surface area contributed by atoms with Gasteiger partial charge in [0.1, 0.15) is 0 Å². The van der Waals surface area contributed by atoms with Crippen LogP contribution >= 0.6 is 12.6 Å². The van der Waals surface area contributed by atoms with Crippen molar-refractivity contribution in [3.05, 3.63) is 24.0 Å². The third-order valence-corrected chi connectivity index (χ3v) is 2.55. The van der Waals surface area contributed by atoms with E-state index in [1.165, 1.54) is 0 Å². The minimum Gasteiger partial charge on any atom is -0.324 e. The number of anilines is 1. The maximum Gasteiger partial charge on any atom is 0.237 e. The first-order chi connectivity index (χ1) is 6.65. The molecule has 0 aliphatic heterocycles. The summed E-state index contributed by atoms with van der Waals surface area (Å²) in [5.74, 6) is -0.0769. The first-order valence-corrected chi connectivity index (χ1v) is 5.07. The summed E-state index contributed by atoms with van der Waals surface area (Å²) in [5, 5.41) is 2.53. The number of nitrogens with one attached hydrogen (secondary N) is 1. The van der Waals surface area contributed by atoms with Crippen LogP contribution in [0.3, 0.4) is 0 Å². The Labute approximate surface area is 89.3 Å². The van der Waals surface area contributed by atoms with Gasteiger partial charge < -0.3 is 5.32 Å². The molecule has 0 fully saturated rings. The van der Waals surface area contributed by atoms with Crippen LogP contribution in [0.25, 0.3) is 0 Å². The molecule has 1 unspecified atom stereocenters. The lowest BCUT2D eigenvalue weighted by Crippen LogP contribution is -2.23. The monoisotopic (exact) mass is 210 g/mol. The molecule has 0 radical (unpaired) electrons. The fourth-order valence-corrected chi connectivity index (χ4v) is 1.08. The summed E-state index contributed by atoms with van der Waals surface area (Å²) in [6.07, 6.45) is 2.41. The molecule has 1 amide bonds. The maximum atomic E-state index is 11.5. The summed E-state index contributed by atoms with van der Waals surface area (Å²) in [6, 6.07) is 3.62. The first-order valence-electron chi connectivity index (χ1n) is 4.55. The van der Waals surface area contributed by atoms with Gasteiger partial charge in [0.05, 0.1) is 16.6 Å². The van der Waals surface area contributed by atoms with Crippen LogP contribution in [0.5, 0.6) is 0 Å². The Bertz CT molecular complexity index is 328. The number of aromatic nitrogens is 1. The molecule has 3 nitrogen and oxygen atoms in total. The number of nitrogens with zero attached hydrogens (tertiary/aromatic N) is 1. The van der Waals surface area contributed by atoms with Crippen molar-refractivity contribution >= 4 is 24.2 Å². The van der Waals surface area contributed by atoms with Crippen LogP contribution in [0, 0.1) is 6.92 Å². The van der Waals surface area contributed by atoms with Crippen LogP contribution in [-0.2, 0) is 4.79 Å². The maximum absolute atomic E-state index is 11.5. The highest BCUT2D eigenvalue weighted by molar-refractivity contribution is 7.81. The topological polar surface area (TPSA) is 42.0 Å². The van der Waals surface area contributed by atoms with Crippen LogP contribution in [0.2, 0.25) is 0 Å². The Morgan fingerprint density at radius 2 is 2.43 bits per heavy atom. The van der Waals surface area contributed by atoms with Gasteiger partial charge in [-0.2, -0.15) is 12.6 Å². The van der Waals surface area contributed by atoms with Gasteiger partial charge in [0, 0.05) is 6.20 Å². The van der Waals surface area contributed by atoms with Crippen LogP contribution in [0.1, 0.15) is 19.0 Å². The Hall–Kier alpha value is -1.03. The molecule has 1 aromatic rings. The van der Waals surface area contributed by atoms with E-state index in [0.717, 1.165) is 11.4 Å². The van der Waals surface area contributed by atoms with Crippen molar-refractivity contribution in [1.82, 2.24) is 4.98 Å². The molecular formula is C10H14N2OS. The highest BCUT2D eigenvalue weighted by Crippen LogP contribution is 2.12. The van der Waals surface area contributed by atoms with Crippen molar-refractivity contribution in [2.24, 2.45) is 0 Å². The second-order valence-corrected chi connectivity index (χ2v) is 3.67. The number of thiol groups is 1. The van der Waals surface area contributed by atoms with E-state index < -0.39 is 0 Å². The zero-order valence-corrected chi connectivity index (χ0v) is 9.21. The molecule has 0 bridgehead atoms. The summed E-state index contributed by atoms with van der Waals surface area (Å²) in [6.45, 7) is 3.78. The Morgan fingerprint density at radius 1 is 1.71 bits per heavy atom. The SMILES string of the molecule is CCC(S)C(=O)Nc1cccnc1C. The number of rotatable bonds is 3. The molecule has 14 heavy (non-hydrogen) atoms. The lowest BCUT2D eigenvalue weighted by molar-refractivity contribution is -0.115. The van der Waals surface area contributed by atoms with Gasteiger partial charge in [-0.1, -0.05) is 6.92 Å². The van der Waals surface area contributed by atoms with Gasteiger partial charge in [0.2, 0.25) is 5.91 Å². The normalized spacial score (nSPS) is 12.2. The standard InChI is InChI=1S/C10H14N2OS/c1-3-9(14)10(13)12-8-5-4-6-11-7(8)2/h4-6,9,14H,3H2,1-2H3,(H,12,13). The Balaban J connectivity index is 2.70. The second kappa shape index (κ2) is 5.00. The van der Waals surface area contributed by atoms with Crippen LogP contribution < -0.4 is 5.32 Å². The van der Waals surface area contributed by atoms with Crippen molar-refractivity contribution in [2.45, 2.75) is 25.5 Å². The van der Waals surface area contributed by atoms with E-state index >= 15 is 0 Å². The summed E-state index contributed by atoms with van der Waals surface area (Å²) in [4.78, 5) is 15.6. The van der Waals surface area contributed by atoms with Gasteiger partial charge in [-0.25, -0.2) is 0 Å². The van der Waals surface area contributed by atoms with Gasteiger partial charge in [0.15, 0.2) is 0 Å². The molecular weight excluding hydrogens is 196 g/mol. The highest BCUT2D eigenvalue weighted by Gasteiger charge is 2.12. The fourth-order valence-electron chi connectivity index (χ4n) is 1.02. The largest absolute Gasteiger partial charge is 0.324 e. The molecule has 0 saturated carbocycles. The Morgan fingerprint density at radius 3 is 3.00 bits per heavy atom. The fraction of sp³-hybridized carbons (Fsp3) is 0.400. The van der Waals surface area contributed by atoms with E-state index in [0.29, 0.717) is 6.42 Å². The predicted molar refractivity (Wildman–Crippen MR) is 60.7 cm³/mol. The number of carbonyl (C=O) groups excluding carboxylic acids is 1. The number of hydrogen-bond acceptors (Lipinski definition) is 3. The minimum absolute atomic E-state index is 0.0769. The van der Waals surface area contributed by atoms with Gasteiger partial charge in [-0.15, -0.1) is 0 Å². The van der Waals surface area contributed by atoms with E-state index in [-0.39, 0.29) is 11.2 Å². The van der Waals surface area contributed by atoms with Crippen LogP contribution in [0.15, 0.2) is 18.3 Å². The summed E-state index contributed by atoms with van der Waals surface area (Å²) >= 11 is 4.16. The van der Waals surface area contributed by atoms with Gasteiger partial charge in [0.25, 0.3) is 0 Å². The molecule has 1 rings (SSSR count). The average Bonchev–Trinajstić information content (AvgIpc) is 2.20. The second-order valence-electron chi connectivity index (χ2n) is 3.05. The van der Waals surface area contributed by atoms with E-state index in [9.17, 15) is 4.79 Å². The van der Waals surface area contributed by atoms with E-state index in [1.807, 2.05) is 19.9 Å². The smallest absolute Gasteiger partial charge is 0.237 e. The molecule has 0 saturated heterocycles. The molecule has 0 aliphatic carbocycles. The van der Waals surface area contributed by atoms with Crippen molar-refractivity contribution in [3.63, 3.8) is 0 Å². The molecule has 1 atom stereocenters. The quantitative estimate of drug-likeness (QED) is 0.750. The number of pyridine rings is 1. The van der Waals surface area contributed by atoms with Gasteiger partial charge in [-0.3, -0.25) is 9.78 Å². The van der Waals surface area contributed by atoms with Gasteiger partial charge in [-0.05, 0) is 25.5 Å². The first kappa shape index (κ1) is 11.0. The van der Waals surface area contributed by atoms with Crippen LogP contribution in [0.4, 0.5) is 5.69 Å². The average molecular weight is 210 g/mol. The summed E-state index contributed by atoms with van der Waals surface area (Å²) in [7, 11) is 0. The van der Waals surface area contributed by atoms with E-state index in [1.54, 1.807) is 12.3 Å². The molecule has 4 heteroatoms. The van der Waals surface area contributed by atoms with Crippen molar-refractivity contribution < 1.29 is 4.79 Å². The summed E-state index contributed by atoms with van der Waals surface area (Å²) < 4.78 is 0. The number of aryl methyl sites for hydroxylation is 1. The molecule has 76 valence electrons. The molecule has 1 aromatic heterocycles. The van der Waals surface area contributed by atoms with Crippen molar-refractivity contribution in [1.29, 1.82) is 0 Å². The van der Waals surface area contributed by atoms with Crippen molar-refractivity contribution in [3.8, 4) is 0 Å². The van der Waals surface area contributed by atoms with E-state index in [4.69, 9.17) is 0 Å². The Kier molecular flexibility index (Phi) is 3.95. The van der Waals surface area contributed by atoms with Crippen LogP contribution in [-0.4, -0.2) is 16.1 Å². The molecule has 0 aromatic carbocycles. The molecule has 0 aliphatic rings. The lowest BCUT2D eigenvalue weighted by atomic mass is 10.2. The lowest BCUT2D eigenvalue weighted by Gasteiger charge is -2.10. The third-order valence-electron chi connectivity index (χ3n) is 1.95.